The number of Topliss-reactive ketones (excluding diaryl/α,β-unsaturated/α-hetero) is 1. The van der Waals surface area contributed by atoms with E-state index in [2.05, 4.69) is 25.6 Å². The van der Waals surface area contributed by atoms with Crippen LogP contribution >= 0.6 is 0 Å². The van der Waals surface area contributed by atoms with E-state index in [0.717, 1.165) is 5.69 Å². The molecule has 4 aromatic rings. The molecule has 0 unspecified atom stereocenters. The highest BCUT2D eigenvalue weighted by molar-refractivity contribution is 6.08. The van der Waals surface area contributed by atoms with Crippen molar-refractivity contribution in [1.82, 2.24) is 24.8 Å². The smallest absolute Gasteiger partial charge is 0.321 e. The topological polar surface area (TPSA) is 122 Å². The number of hydrogen-bond donors (Lipinski definition) is 3. The first-order chi connectivity index (χ1) is 16.0. The Bertz CT molecular complexity index is 1370. The molecule has 4 rings (SSSR count). The molecular formula is C24H24N6O3. The molecule has 0 radical (unpaired) electrons. The molecule has 0 spiro atoms. The molecule has 0 saturated carbocycles. The summed E-state index contributed by atoms with van der Waals surface area (Å²) in [4.78, 5) is 48.9. The van der Waals surface area contributed by atoms with Gasteiger partial charge in [0.05, 0.1) is 17.8 Å². The van der Waals surface area contributed by atoms with Crippen molar-refractivity contribution in [2.24, 2.45) is 0 Å². The zero-order valence-corrected chi connectivity index (χ0v) is 18.4. The average Bonchev–Trinajstić information content (AvgIpc) is 3.22. The Balaban J connectivity index is 1.72. The van der Waals surface area contributed by atoms with E-state index in [4.69, 9.17) is 0 Å². The second-order valence-corrected chi connectivity index (χ2v) is 7.47. The number of aromatic amines is 1. The number of hydrogen-bond acceptors (Lipinski definition) is 5. The summed E-state index contributed by atoms with van der Waals surface area (Å²) in [5, 5.41) is 5.26. The van der Waals surface area contributed by atoms with Crippen LogP contribution in [0.2, 0.25) is 0 Å². The molecule has 0 aliphatic heterocycles. The SMILES string of the molecule is CCNC(=O)Nc1nc2c(C(=O)CC)cc(-c3ccn(Cc4ccccn4)c(=O)c3)cc2[nH]1. The van der Waals surface area contributed by atoms with Crippen LogP contribution in [0.5, 0.6) is 0 Å². The first-order valence-electron chi connectivity index (χ1n) is 10.7. The number of nitrogens with zero attached hydrogens (tertiary/aromatic N) is 3. The summed E-state index contributed by atoms with van der Waals surface area (Å²) in [5.74, 6) is 0.158. The Hall–Kier alpha value is -4.27. The minimum absolute atomic E-state index is 0.0820. The van der Waals surface area contributed by atoms with Crippen LogP contribution in [0.4, 0.5) is 10.7 Å². The summed E-state index contributed by atoms with van der Waals surface area (Å²) in [6, 6.07) is 12.1. The maximum absolute atomic E-state index is 12.7. The maximum Gasteiger partial charge on any atom is 0.321 e. The van der Waals surface area contributed by atoms with Crippen molar-refractivity contribution in [3.05, 3.63) is 76.5 Å². The van der Waals surface area contributed by atoms with Crippen LogP contribution in [0.15, 0.2) is 59.7 Å². The number of fused-ring (bicyclic) bond motifs is 1. The third-order valence-electron chi connectivity index (χ3n) is 5.17. The number of amides is 2. The van der Waals surface area contributed by atoms with Gasteiger partial charge in [0, 0.05) is 37.0 Å². The second-order valence-electron chi connectivity index (χ2n) is 7.47. The van der Waals surface area contributed by atoms with Gasteiger partial charge in [-0.3, -0.25) is 19.9 Å². The molecule has 0 bridgehead atoms. The lowest BCUT2D eigenvalue weighted by Gasteiger charge is -2.09. The number of benzene rings is 1. The van der Waals surface area contributed by atoms with Gasteiger partial charge in [0.1, 0.15) is 5.52 Å². The molecule has 0 atom stereocenters. The van der Waals surface area contributed by atoms with E-state index in [1.54, 1.807) is 30.0 Å². The fraction of sp³-hybridized carbons (Fsp3) is 0.208. The van der Waals surface area contributed by atoms with Crippen LogP contribution in [0.25, 0.3) is 22.2 Å². The number of ketones is 1. The third kappa shape index (κ3) is 4.82. The van der Waals surface area contributed by atoms with Gasteiger partial charge in [0.15, 0.2) is 5.78 Å². The van der Waals surface area contributed by atoms with Crippen molar-refractivity contribution >= 4 is 28.8 Å². The standard InChI is InChI=1S/C24H24N6O3/c1-3-20(31)18-11-16(12-19-22(18)28-23(27-19)29-24(33)25-4-2)15-8-10-30(21(32)13-15)14-17-7-5-6-9-26-17/h5-13H,3-4,14H2,1-2H3,(H3,25,27,28,29,33). The summed E-state index contributed by atoms with van der Waals surface area (Å²) in [7, 11) is 0. The average molecular weight is 444 g/mol. The highest BCUT2D eigenvalue weighted by Crippen LogP contribution is 2.28. The van der Waals surface area contributed by atoms with E-state index in [1.165, 1.54) is 6.07 Å². The molecule has 3 heterocycles. The summed E-state index contributed by atoms with van der Waals surface area (Å²) in [6.45, 7) is 4.43. The van der Waals surface area contributed by atoms with Crippen molar-refractivity contribution in [3.8, 4) is 11.1 Å². The lowest BCUT2D eigenvalue weighted by atomic mass is 9.99. The summed E-state index contributed by atoms with van der Waals surface area (Å²) in [5.41, 5.74) is 3.49. The predicted molar refractivity (Wildman–Crippen MR) is 126 cm³/mol. The zero-order chi connectivity index (χ0) is 23.4. The minimum Gasteiger partial charge on any atom is -0.338 e. The Morgan fingerprint density at radius 3 is 2.64 bits per heavy atom. The van der Waals surface area contributed by atoms with Crippen LogP contribution < -0.4 is 16.2 Å². The molecule has 0 aliphatic rings. The monoisotopic (exact) mass is 444 g/mol. The fourth-order valence-electron chi connectivity index (χ4n) is 3.54. The molecule has 3 aromatic heterocycles. The lowest BCUT2D eigenvalue weighted by Crippen LogP contribution is -2.28. The van der Waals surface area contributed by atoms with Crippen LogP contribution in [0.3, 0.4) is 0 Å². The molecule has 9 heteroatoms. The van der Waals surface area contributed by atoms with Gasteiger partial charge in [-0.15, -0.1) is 0 Å². The van der Waals surface area contributed by atoms with E-state index in [9.17, 15) is 14.4 Å². The van der Waals surface area contributed by atoms with Gasteiger partial charge in [0.25, 0.3) is 5.56 Å². The fourth-order valence-corrected chi connectivity index (χ4v) is 3.54. The van der Waals surface area contributed by atoms with Gasteiger partial charge in [-0.25, -0.2) is 9.78 Å². The number of urea groups is 1. The predicted octanol–water partition coefficient (Wildman–Crippen LogP) is 3.57. The van der Waals surface area contributed by atoms with Crippen molar-refractivity contribution in [1.29, 1.82) is 0 Å². The van der Waals surface area contributed by atoms with E-state index >= 15 is 0 Å². The zero-order valence-electron chi connectivity index (χ0n) is 18.4. The highest BCUT2D eigenvalue weighted by Gasteiger charge is 2.16. The van der Waals surface area contributed by atoms with Gasteiger partial charge in [-0.1, -0.05) is 13.0 Å². The number of carbonyl (C=O) groups excluding carboxylic acids is 2. The Morgan fingerprint density at radius 2 is 1.94 bits per heavy atom. The lowest BCUT2D eigenvalue weighted by molar-refractivity contribution is 0.0989. The molecule has 2 amide bonds. The molecule has 0 fully saturated rings. The number of nitrogens with one attached hydrogen (secondary N) is 3. The van der Waals surface area contributed by atoms with E-state index < -0.39 is 6.03 Å². The number of imidazole rings is 1. The minimum atomic E-state index is -0.392. The summed E-state index contributed by atoms with van der Waals surface area (Å²) in [6.07, 6.45) is 3.71. The molecule has 0 saturated heterocycles. The summed E-state index contributed by atoms with van der Waals surface area (Å²) >= 11 is 0. The van der Waals surface area contributed by atoms with Crippen molar-refractivity contribution in [3.63, 3.8) is 0 Å². The number of carbonyl (C=O) groups is 2. The maximum atomic E-state index is 12.7. The van der Waals surface area contributed by atoms with Crippen LogP contribution in [0, 0.1) is 0 Å². The van der Waals surface area contributed by atoms with Crippen molar-refractivity contribution in [2.75, 3.05) is 11.9 Å². The first-order valence-corrected chi connectivity index (χ1v) is 10.7. The van der Waals surface area contributed by atoms with Crippen molar-refractivity contribution < 1.29 is 9.59 Å². The van der Waals surface area contributed by atoms with Gasteiger partial charge in [-0.2, -0.15) is 0 Å². The highest BCUT2D eigenvalue weighted by atomic mass is 16.2. The Morgan fingerprint density at radius 1 is 1.09 bits per heavy atom. The molecule has 9 nitrogen and oxygen atoms in total. The van der Waals surface area contributed by atoms with Gasteiger partial charge in [-0.05, 0) is 48.4 Å². The van der Waals surface area contributed by atoms with E-state index in [0.29, 0.717) is 47.2 Å². The molecule has 168 valence electrons. The largest absolute Gasteiger partial charge is 0.338 e. The third-order valence-corrected chi connectivity index (χ3v) is 5.17. The molecule has 0 aliphatic carbocycles. The molecule has 1 aromatic carbocycles. The number of anilines is 1. The van der Waals surface area contributed by atoms with E-state index in [1.807, 2.05) is 37.3 Å². The molecular weight excluding hydrogens is 420 g/mol. The molecule has 3 N–H and O–H groups in total. The quantitative estimate of drug-likeness (QED) is 0.376. The van der Waals surface area contributed by atoms with Gasteiger partial charge < -0.3 is 14.9 Å². The van der Waals surface area contributed by atoms with Gasteiger partial charge in [0.2, 0.25) is 5.95 Å². The first kappa shape index (κ1) is 21.9. The van der Waals surface area contributed by atoms with Crippen LogP contribution in [-0.4, -0.2) is 37.9 Å². The van der Waals surface area contributed by atoms with Crippen LogP contribution in [-0.2, 0) is 6.54 Å². The van der Waals surface area contributed by atoms with Gasteiger partial charge >= 0.3 is 6.03 Å². The Kier molecular flexibility index (Phi) is 6.30. The normalized spacial score (nSPS) is 10.8. The number of aromatic nitrogens is 4. The van der Waals surface area contributed by atoms with Crippen molar-refractivity contribution in [2.45, 2.75) is 26.8 Å². The van der Waals surface area contributed by atoms with Crippen LogP contribution in [0.1, 0.15) is 36.3 Å². The Labute approximate surface area is 189 Å². The summed E-state index contributed by atoms with van der Waals surface area (Å²) < 4.78 is 1.58. The second kappa shape index (κ2) is 9.47. The van der Waals surface area contributed by atoms with E-state index in [-0.39, 0.29) is 17.3 Å². The number of rotatable bonds is 7. The number of pyridine rings is 2. The number of H-pyrrole nitrogens is 1. The molecule has 33 heavy (non-hydrogen) atoms.